The van der Waals surface area contributed by atoms with Crippen LogP contribution in [0.15, 0.2) is 41.6 Å². The molecule has 0 bridgehead atoms. The minimum Gasteiger partial charge on any atom is -0.493 e. The van der Waals surface area contributed by atoms with Crippen molar-refractivity contribution in [3.63, 3.8) is 0 Å². The quantitative estimate of drug-likeness (QED) is 0.484. The average Bonchev–Trinajstić information content (AvgIpc) is 2.86. The summed E-state index contributed by atoms with van der Waals surface area (Å²) in [4.78, 5) is 14.8. The molecule has 9 nitrogen and oxygen atoms in total. The smallest absolute Gasteiger partial charge is 0.337 e. The average molecular weight is 487 g/mol. The lowest BCUT2D eigenvalue weighted by atomic mass is 9.94. The molecule has 0 spiro atoms. The zero-order valence-electron chi connectivity index (χ0n) is 19.6. The van der Waals surface area contributed by atoms with Crippen molar-refractivity contribution >= 4 is 29.0 Å². The summed E-state index contributed by atoms with van der Waals surface area (Å²) in [7, 11) is 5.94. The lowest BCUT2D eigenvalue weighted by Crippen LogP contribution is -2.48. The Morgan fingerprint density at radius 3 is 2.24 bits per heavy atom. The summed E-state index contributed by atoms with van der Waals surface area (Å²) in [6, 6.07) is 8.46. The second-order valence-electron chi connectivity index (χ2n) is 7.50. The van der Waals surface area contributed by atoms with Gasteiger partial charge >= 0.3 is 5.97 Å². The van der Waals surface area contributed by atoms with E-state index in [2.05, 4.69) is 5.32 Å². The van der Waals surface area contributed by atoms with E-state index in [1.54, 1.807) is 17.0 Å². The van der Waals surface area contributed by atoms with Crippen molar-refractivity contribution in [3.8, 4) is 28.7 Å². The zero-order valence-corrected chi connectivity index (χ0v) is 20.4. The summed E-state index contributed by atoms with van der Waals surface area (Å²) in [6.45, 7) is 2.78. The fourth-order valence-corrected chi connectivity index (χ4v) is 4.48. The van der Waals surface area contributed by atoms with Crippen LogP contribution in [0.3, 0.4) is 0 Å². The molecular formula is C24H26N2O7S. The van der Waals surface area contributed by atoms with Gasteiger partial charge in [0.2, 0.25) is 5.75 Å². The molecule has 0 radical (unpaired) electrons. The Kier molecular flexibility index (Phi) is 6.69. The molecule has 1 unspecified atom stereocenters. The highest BCUT2D eigenvalue weighted by molar-refractivity contribution is 7.80. The number of nitrogens with one attached hydrogen (secondary N) is 1. The van der Waals surface area contributed by atoms with Crippen molar-refractivity contribution < 1.29 is 33.2 Å². The van der Waals surface area contributed by atoms with E-state index >= 15 is 0 Å². The number of thiocarbonyl (C=S) groups is 1. The maximum absolute atomic E-state index is 13.0. The first-order chi connectivity index (χ1) is 16.4. The molecule has 1 N–H and O–H groups in total. The summed E-state index contributed by atoms with van der Waals surface area (Å²) in [5, 5.41) is 3.68. The summed E-state index contributed by atoms with van der Waals surface area (Å²) < 4.78 is 32.9. The van der Waals surface area contributed by atoms with E-state index in [1.807, 2.05) is 25.1 Å². The van der Waals surface area contributed by atoms with E-state index in [1.165, 1.54) is 28.4 Å². The predicted molar refractivity (Wildman–Crippen MR) is 129 cm³/mol. The van der Waals surface area contributed by atoms with Gasteiger partial charge in [0.15, 0.2) is 28.1 Å². The summed E-state index contributed by atoms with van der Waals surface area (Å²) in [6.07, 6.45) is 0. The lowest BCUT2D eigenvalue weighted by molar-refractivity contribution is -0.136. The monoisotopic (exact) mass is 486 g/mol. The van der Waals surface area contributed by atoms with Gasteiger partial charge in [-0.05, 0) is 49.0 Å². The number of esters is 1. The third kappa shape index (κ3) is 4.05. The fraction of sp³-hybridized carbons (Fsp3) is 0.333. The van der Waals surface area contributed by atoms with E-state index in [0.717, 1.165) is 5.69 Å². The van der Waals surface area contributed by atoms with Gasteiger partial charge in [0.05, 0.1) is 45.7 Å². The number of methoxy groups -OCH3 is 4. The van der Waals surface area contributed by atoms with Crippen molar-refractivity contribution in [3.05, 3.63) is 47.2 Å². The van der Waals surface area contributed by atoms with Crippen LogP contribution >= 0.6 is 12.2 Å². The molecule has 180 valence electrons. The Hall–Kier alpha value is -3.66. The summed E-state index contributed by atoms with van der Waals surface area (Å²) in [5.41, 5.74) is 2.42. The van der Waals surface area contributed by atoms with Crippen LogP contribution in [-0.2, 0) is 9.53 Å². The Bertz CT molecular complexity index is 1140. The molecule has 10 heteroatoms. The van der Waals surface area contributed by atoms with Gasteiger partial charge in [-0.3, -0.25) is 4.90 Å². The lowest BCUT2D eigenvalue weighted by Gasteiger charge is -2.38. The van der Waals surface area contributed by atoms with E-state index in [9.17, 15) is 4.79 Å². The maximum Gasteiger partial charge on any atom is 0.337 e. The Balaban J connectivity index is 1.84. The largest absolute Gasteiger partial charge is 0.493 e. The van der Waals surface area contributed by atoms with Crippen LogP contribution in [0.1, 0.15) is 18.5 Å². The Labute approximate surface area is 203 Å². The van der Waals surface area contributed by atoms with Gasteiger partial charge in [-0.2, -0.15) is 0 Å². The van der Waals surface area contributed by atoms with Gasteiger partial charge in [-0.1, -0.05) is 0 Å². The molecule has 2 aliphatic heterocycles. The summed E-state index contributed by atoms with van der Waals surface area (Å²) in [5.74, 6) is 2.15. The van der Waals surface area contributed by atoms with E-state index in [-0.39, 0.29) is 0 Å². The first-order valence-corrected chi connectivity index (χ1v) is 10.9. The van der Waals surface area contributed by atoms with Crippen molar-refractivity contribution in [1.82, 2.24) is 5.32 Å². The zero-order chi connectivity index (χ0) is 24.4. The van der Waals surface area contributed by atoms with Crippen LogP contribution in [0.2, 0.25) is 0 Å². The van der Waals surface area contributed by atoms with Crippen molar-refractivity contribution in [2.45, 2.75) is 13.0 Å². The summed E-state index contributed by atoms with van der Waals surface area (Å²) >= 11 is 5.73. The van der Waals surface area contributed by atoms with Crippen LogP contribution in [0, 0.1) is 0 Å². The fourth-order valence-electron chi connectivity index (χ4n) is 4.12. The molecule has 0 aliphatic carbocycles. The molecule has 0 saturated carbocycles. The molecule has 2 aromatic rings. The molecular weight excluding hydrogens is 460 g/mol. The van der Waals surface area contributed by atoms with Crippen LogP contribution in [0.5, 0.6) is 28.7 Å². The molecule has 1 atom stereocenters. The van der Waals surface area contributed by atoms with E-state index < -0.39 is 12.0 Å². The molecule has 0 saturated heterocycles. The second kappa shape index (κ2) is 9.68. The standard InChI is InChI=1S/C24H26N2O7S/c1-13-20(23(27)31-5)21(14-10-18(28-2)22(30-4)19(11-14)29-3)25-24(34)26(13)15-6-7-16-17(12-15)33-9-8-32-16/h6-7,10-12,21H,8-9H2,1-5H3,(H,25,34). The first-order valence-electron chi connectivity index (χ1n) is 10.5. The number of rotatable bonds is 6. The number of ether oxygens (including phenoxy) is 6. The minimum atomic E-state index is -0.609. The molecule has 34 heavy (non-hydrogen) atoms. The Morgan fingerprint density at radius 2 is 1.65 bits per heavy atom. The normalized spacial score (nSPS) is 17.1. The number of fused-ring (bicyclic) bond motifs is 1. The SMILES string of the molecule is COC(=O)C1=C(C)N(c2ccc3c(c2)OCCO3)C(=S)NC1c1cc(OC)c(OC)c(OC)c1. The first kappa shape index (κ1) is 23.5. The van der Waals surface area contributed by atoms with Crippen molar-refractivity contribution in [2.75, 3.05) is 46.6 Å². The molecule has 0 fully saturated rings. The maximum atomic E-state index is 13.0. The number of hydrogen-bond acceptors (Lipinski definition) is 8. The molecule has 2 heterocycles. The molecule has 0 amide bonds. The number of anilines is 1. The highest BCUT2D eigenvalue weighted by atomic mass is 32.1. The number of allylic oxidation sites excluding steroid dienone is 1. The third-order valence-electron chi connectivity index (χ3n) is 5.69. The van der Waals surface area contributed by atoms with Crippen molar-refractivity contribution in [1.29, 1.82) is 0 Å². The van der Waals surface area contributed by atoms with Gasteiger partial charge < -0.3 is 33.7 Å². The minimum absolute atomic E-state index is 0.389. The Morgan fingerprint density at radius 1 is 1.00 bits per heavy atom. The number of benzene rings is 2. The molecule has 0 aromatic heterocycles. The topological polar surface area (TPSA) is 87.7 Å². The predicted octanol–water partition coefficient (Wildman–Crippen LogP) is 3.37. The van der Waals surface area contributed by atoms with E-state index in [4.69, 9.17) is 40.6 Å². The number of carbonyl (C=O) groups excluding carboxylic acids is 1. The van der Waals surface area contributed by atoms with E-state index in [0.29, 0.717) is 63.9 Å². The number of hydrogen-bond donors (Lipinski definition) is 1. The van der Waals surface area contributed by atoms with Gasteiger partial charge in [-0.15, -0.1) is 0 Å². The van der Waals surface area contributed by atoms with Gasteiger partial charge in [0, 0.05) is 11.8 Å². The third-order valence-corrected chi connectivity index (χ3v) is 5.99. The molecule has 2 aromatic carbocycles. The van der Waals surface area contributed by atoms with Gasteiger partial charge in [-0.25, -0.2) is 4.79 Å². The van der Waals surface area contributed by atoms with Crippen LogP contribution in [0.4, 0.5) is 5.69 Å². The molecule has 4 rings (SSSR count). The number of nitrogens with zero attached hydrogens (tertiary/aromatic N) is 1. The van der Waals surface area contributed by atoms with Crippen LogP contribution in [0.25, 0.3) is 0 Å². The second-order valence-corrected chi connectivity index (χ2v) is 7.88. The molecule has 2 aliphatic rings. The number of carbonyl (C=O) groups is 1. The van der Waals surface area contributed by atoms with Gasteiger partial charge in [0.25, 0.3) is 0 Å². The van der Waals surface area contributed by atoms with Gasteiger partial charge in [0.1, 0.15) is 13.2 Å². The highest BCUT2D eigenvalue weighted by Crippen LogP contribution is 2.43. The van der Waals surface area contributed by atoms with Crippen LogP contribution < -0.4 is 33.9 Å². The highest BCUT2D eigenvalue weighted by Gasteiger charge is 2.36. The van der Waals surface area contributed by atoms with Crippen molar-refractivity contribution in [2.24, 2.45) is 0 Å². The van der Waals surface area contributed by atoms with Crippen LogP contribution in [-0.4, -0.2) is 52.7 Å².